The highest BCUT2D eigenvalue weighted by Crippen LogP contribution is 2.39. The lowest BCUT2D eigenvalue weighted by molar-refractivity contribution is -0.137. The summed E-state index contributed by atoms with van der Waals surface area (Å²) in [6.45, 7) is 1.74. The summed E-state index contributed by atoms with van der Waals surface area (Å²) in [7, 11) is 0. The first-order valence-electron chi connectivity index (χ1n) is 11.8. The van der Waals surface area contributed by atoms with E-state index in [1.54, 1.807) is 13.0 Å². The van der Waals surface area contributed by atoms with Crippen molar-refractivity contribution in [1.29, 1.82) is 0 Å². The second kappa shape index (κ2) is 8.42. The van der Waals surface area contributed by atoms with Crippen LogP contribution in [0.15, 0.2) is 115 Å². The predicted octanol–water partition coefficient (Wildman–Crippen LogP) is 9.44. The van der Waals surface area contributed by atoms with E-state index in [9.17, 15) is 13.2 Å². The predicted molar refractivity (Wildman–Crippen MR) is 141 cm³/mol. The van der Waals surface area contributed by atoms with E-state index in [2.05, 4.69) is 65.2 Å². The van der Waals surface area contributed by atoms with E-state index in [1.165, 1.54) is 6.07 Å². The Hall–Kier alpha value is -4.31. The Morgan fingerprint density at radius 1 is 0.528 bits per heavy atom. The lowest BCUT2D eigenvalue weighted by Gasteiger charge is -2.14. The summed E-state index contributed by atoms with van der Waals surface area (Å²) < 4.78 is 42.1. The van der Waals surface area contributed by atoms with Crippen molar-refractivity contribution in [2.24, 2.45) is 0 Å². The summed E-state index contributed by atoms with van der Waals surface area (Å²) in [6, 6.07) is 37.0. The lowest BCUT2D eigenvalue weighted by Crippen LogP contribution is -2.06. The molecule has 0 aliphatic carbocycles. The topological polar surface area (TPSA) is 4.93 Å². The van der Waals surface area contributed by atoms with Crippen LogP contribution in [0.2, 0.25) is 0 Å². The number of benzene rings is 5. The highest BCUT2D eigenvalue weighted by Gasteiger charge is 2.31. The molecule has 0 fully saturated rings. The third-order valence-corrected chi connectivity index (χ3v) is 6.74. The first-order chi connectivity index (χ1) is 17.4. The third kappa shape index (κ3) is 3.75. The Labute approximate surface area is 207 Å². The largest absolute Gasteiger partial charge is 0.416 e. The van der Waals surface area contributed by atoms with Gasteiger partial charge in [-0.1, -0.05) is 72.8 Å². The van der Waals surface area contributed by atoms with Crippen molar-refractivity contribution in [2.75, 3.05) is 0 Å². The van der Waals surface area contributed by atoms with Gasteiger partial charge in [-0.05, 0) is 77.2 Å². The molecule has 0 amide bonds. The van der Waals surface area contributed by atoms with E-state index in [0.717, 1.165) is 55.8 Å². The SMILES string of the molecule is Cc1cc(C(F)(F)F)ccc1-n1c2ccc(-c3ccccc3)cc2c2cc(-c3ccccc3)ccc21. The summed E-state index contributed by atoms with van der Waals surface area (Å²) in [5.41, 5.74) is 7.01. The fourth-order valence-electron chi connectivity index (χ4n) is 4.99. The molecular formula is C32H22F3N. The monoisotopic (exact) mass is 477 g/mol. The van der Waals surface area contributed by atoms with Crippen LogP contribution in [0.4, 0.5) is 13.2 Å². The van der Waals surface area contributed by atoms with Gasteiger partial charge in [-0.3, -0.25) is 0 Å². The number of nitrogens with zero attached hydrogens (tertiary/aromatic N) is 1. The molecule has 36 heavy (non-hydrogen) atoms. The van der Waals surface area contributed by atoms with Crippen LogP contribution >= 0.6 is 0 Å². The van der Waals surface area contributed by atoms with Crippen LogP contribution < -0.4 is 0 Å². The summed E-state index contributed by atoms with van der Waals surface area (Å²) in [5, 5.41) is 2.12. The number of rotatable bonds is 3. The van der Waals surface area contributed by atoms with E-state index in [1.807, 2.05) is 36.4 Å². The van der Waals surface area contributed by atoms with Gasteiger partial charge in [0.15, 0.2) is 0 Å². The molecule has 1 aromatic heterocycles. The molecule has 0 aliphatic rings. The van der Waals surface area contributed by atoms with Gasteiger partial charge in [0.05, 0.1) is 16.6 Å². The van der Waals surface area contributed by atoms with Crippen LogP contribution in [0, 0.1) is 6.92 Å². The maximum absolute atomic E-state index is 13.4. The van der Waals surface area contributed by atoms with Crippen molar-refractivity contribution in [3.63, 3.8) is 0 Å². The molecule has 1 heterocycles. The van der Waals surface area contributed by atoms with Gasteiger partial charge in [-0.2, -0.15) is 13.2 Å². The van der Waals surface area contributed by atoms with Gasteiger partial charge < -0.3 is 4.57 Å². The lowest BCUT2D eigenvalue weighted by atomic mass is 10.0. The molecule has 0 spiro atoms. The minimum atomic E-state index is -4.38. The fraction of sp³-hybridized carbons (Fsp3) is 0.0625. The smallest absolute Gasteiger partial charge is 0.309 e. The molecule has 6 rings (SSSR count). The van der Waals surface area contributed by atoms with Crippen molar-refractivity contribution in [3.05, 3.63) is 126 Å². The molecule has 0 unspecified atom stereocenters. The van der Waals surface area contributed by atoms with Crippen molar-refractivity contribution in [3.8, 4) is 27.9 Å². The molecule has 0 aliphatic heterocycles. The van der Waals surface area contributed by atoms with Gasteiger partial charge in [0.25, 0.3) is 0 Å². The van der Waals surface area contributed by atoms with Crippen molar-refractivity contribution < 1.29 is 13.2 Å². The van der Waals surface area contributed by atoms with Gasteiger partial charge in [0.2, 0.25) is 0 Å². The standard InChI is InChI=1S/C32H22F3N/c1-21-18-26(32(33,34)35)14-17-29(21)36-30-15-12-24(22-8-4-2-5-9-22)19-27(30)28-20-25(13-16-31(28)36)23-10-6-3-7-11-23/h2-20H,1H3. The first-order valence-corrected chi connectivity index (χ1v) is 11.8. The molecule has 0 bridgehead atoms. The van der Waals surface area contributed by atoms with Gasteiger partial charge in [-0.25, -0.2) is 0 Å². The Kier molecular flexibility index (Phi) is 5.18. The summed E-state index contributed by atoms with van der Waals surface area (Å²) in [4.78, 5) is 0. The zero-order valence-electron chi connectivity index (χ0n) is 19.6. The summed E-state index contributed by atoms with van der Waals surface area (Å²) in [6.07, 6.45) is -4.38. The van der Waals surface area contributed by atoms with Crippen LogP contribution in [-0.4, -0.2) is 4.57 Å². The molecule has 0 saturated heterocycles. The quantitative estimate of drug-likeness (QED) is 0.239. The molecular weight excluding hydrogens is 455 g/mol. The van der Waals surface area contributed by atoms with Gasteiger partial charge in [-0.15, -0.1) is 0 Å². The van der Waals surface area contributed by atoms with Crippen molar-refractivity contribution in [1.82, 2.24) is 4.57 Å². The first kappa shape index (κ1) is 22.2. The van der Waals surface area contributed by atoms with E-state index in [0.29, 0.717) is 5.56 Å². The minimum absolute atomic E-state index is 0.572. The molecule has 6 aromatic rings. The number of fused-ring (bicyclic) bond motifs is 3. The normalized spacial score (nSPS) is 11.9. The zero-order valence-corrected chi connectivity index (χ0v) is 19.6. The molecule has 0 N–H and O–H groups in total. The molecule has 0 atom stereocenters. The van der Waals surface area contributed by atoms with Gasteiger partial charge >= 0.3 is 6.18 Å². The number of hydrogen-bond acceptors (Lipinski definition) is 0. The summed E-state index contributed by atoms with van der Waals surface area (Å²) >= 11 is 0. The van der Waals surface area contributed by atoms with Crippen LogP contribution in [-0.2, 0) is 6.18 Å². The minimum Gasteiger partial charge on any atom is -0.309 e. The van der Waals surface area contributed by atoms with E-state index < -0.39 is 11.7 Å². The van der Waals surface area contributed by atoms with Crippen LogP contribution in [0.3, 0.4) is 0 Å². The Balaban J connectivity index is 1.64. The second-order valence-corrected chi connectivity index (χ2v) is 9.03. The number of aryl methyl sites for hydroxylation is 1. The molecule has 0 saturated carbocycles. The fourth-order valence-corrected chi connectivity index (χ4v) is 4.99. The Bertz CT molecular complexity index is 1620. The second-order valence-electron chi connectivity index (χ2n) is 9.03. The molecule has 0 radical (unpaired) electrons. The van der Waals surface area contributed by atoms with Gasteiger partial charge in [0.1, 0.15) is 0 Å². The molecule has 5 aromatic carbocycles. The summed E-state index contributed by atoms with van der Waals surface area (Å²) in [5.74, 6) is 0. The Morgan fingerprint density at radius 2 is 1.03 bits per heavy atom. The van der Waals surface area contributed by atoms with Gasteiger partial charge in [0, 0.05) is 16.5 Å². The third-order valence-electron chi connectivity index (χ3n) is 6.74. The molecule has 176 valence electrons. The maximum Gasteiger partial charge on any atom is 0.416 e. The van der Waals surface area contributed by atoms with E-state index >= 15 is 0 Å². The van der Waals surface area contributed by atoms with Crippen molar-refractivity contribution in [2.45, 2.75) is 13.1 Å². The Morgan fingerprint density at radius 3 is 1.47 bits per heavy atom. The maximum atomic E-state index is 13.4. The van der Waals surface area contributed by atoms with E-state index in [4.69, 9.17) is 0 Å². The van der Waals surface area contributed by atoms with Crippen LogP contribution in [0.5, 0.6) is 0 Å². The molecule has 1 nitrogen and oxygen atoms in total. The number of hydrogen-bond donors (Lipinski definition) is 0. The van der Waals surface area contributed by atoms with Crippen LogP contribution in [0.1, 0.15) is 11.1 Å². The highest BCUT2D eigenvalue weighted by atomic mass is 19.4. The molecule has 4 heteroatoms. The zero-order chi connectivity index (χ0) is 24.9. The van der Waals surface area contributed by atoms with Crippen LogP contribution in [0.25, 0.3) is 49.7 Å². The van der Waals surface area contributed by atoms with E-state index in [-0.39, 0.29) is 0 Å². The average Bonchev–Trinajstić information content (AvgIpc) is 3.22. The number of halogens is 3. The number of aromatic nitrogens is 1. The van der Waals surface area contributed by atoms with Crippen molar-refractivity contribution >= 4 is 21.8 Å². The number of alkyl halides is 3. The highest BCUT2D eigenvalue weighted by molar-refractivity contribution is 6.11. The average molecular weight is 478 g/mol.